The van der Waals surface area contributed by atoms with Gasteiger partial charge in [-0.25, -0.2) is 9.59 Å². The van der Waals surface area contributed by atoms with Gasteiger partial charge in [0, 0.05) is 11.4 Å². The van der Waals surface area contributed by atoms with Gasteiger partial charge in [0.15, 0.2) is 0 Å². The second-order valence-electron chi connectivity index (χ2n) is 8.12. The molecule has 0 aliphatic heterocycles. The van der Waals surface area contributed by atoms with Crippen molar-refractivity contribution in [2.24, 2.45) is 10.2 Å². The lowest BCUT2D eigenvalue weighted by Gasteiger charge is -2.08. The minimum absolute atomic E-state index is 0.400. The molecule has 0 radical (unpaired) electrons. The van der Waals surface area contributed by atoms with Gasteiger partial charge in [-0.15, -0.1) is 0 Å². The third-order valence-corrected chi connectivity index (χ3v) is 5.32. The van der Waals surface area contributed by atoms with E-state index >= 15 is 0 Å². The van der Waals surface area contributed by atoms with Gasteiger partial charge >= 0.3 is 11.9 Å². The summed E-state index contributed by atoms with van der Waals surface area (Å²) >= 11 is 0. The van der Waals surface area contributed by atoms with Crippen LogP contribution in [-0.2, 0) is 0 Å². The van der Waals surface area contributed by atoms with Gasteiger partial charge in [-0.1, -0.05) is 0 Å². The predicted octanol–water partition coefficient (Wildman–Crippen LogP) is 6.32. The molecule has 8 heteroatoms. The molecule has 0 saturated heterocycles. The van der Waals surface area contributed by atoms with Crippen LogP contribution in [0.1, 0.15) is 31.8 Å². The fraction of sp³-hybridized carbons (Fsp3) is 0.0714. The molecule has 0 aliphatic rings. The lowest BCUT2D eigenvalue weighted by molar-refractivity contribution is 0.0725. The van der Waals surface area contributed by atoms with Crippen LogP contribution in [0.15, 0.2) is 95.2 Å². The number of azo groups is 1. The zero-order valence-corrected chi connectivity index (χ0v) is 19.8. The van der Waals surface area contributed by atoms with Crippen LogP contribution in [-0.4, -0.2) is 11.9 Å². The van der Waals surface area contributed by atoms with E-state index in [-0.39, 0.29) is 0 Å². The highest BCUT2D eigenvalue weighted by Gasteiger charge is 2.11. The SMILES string of the molecule is Cc1cc(OC(=O)c2ccc(N)cc2)ccc1N=Nc1ccc(OC(=O)c2ccc(N)cc2)cc1C. The van der Waals surface area contributed by atoms with Gasteiger partial charge in [0.05, 0.1) is 22.5 Å². The molecule has 0 aromatic heterocycles. The highest BCUT2D eigenvalue weighted by atomic mass is 16.5. The number of ether oxygens (including phenoxy) is 2. The van der Waals surface area contributed by atoms with Crippen molar-refractivity contribution in [1.82, 2.24) is 0 Å². The standard InChI is InChI=1S/C28H24N4O4/c1-17-15-23(35-27(33)19-3-7-21(29)8-4-19)11-13-25(17)31-32-26-14-12-24(16-18(26)2)36-28(34)20-5-9-22(30)10-6-20/h3-16H,29-30H2,1-2H3. The normalized spacial score (nSPS) is 10.8. The summed E-state index contributed by atoms with van der Waals surface area (Å²) in [7, 11) is 0. The highest BCUT2D eigenvalue weighted by Crippen LogP contribution is 2.29. The van der Waals surface area contributed by atoms with Gasteiger partial charge in [0.25, 0.3) is 0 Å². The van der Waals surface area contributed by atoms with Crippen molar-refractivity contribution in [2.45, 2.75) is 13.8 Å². The van der Waals surface area contributed by atoms with Gasteiger partial charge in [0.1, 0.15) is 11.5 Å². The number of benzene rings is 4. The zero-order chi connectivity index (χ0) is 25.7. The zero-order valence-electron chi connectivity index (χ0n) is 19.8. The fourth-order valence-corrected chi connectivity index (χ4v) is 3.29. The highest BCUT2D eigenvalue weighted by molar-refractivity contribution is 5.92. The van der Waals surface area contributed by atoms with E-state index in [2.05, 4.69) is 10.2 Å². The van der Waals surface area contributed by atoms with Crippen molar-refractivity contribution in [3.63, 3.8) is 0 Å². The summed E-state index contributed by atoms with van der Waals surface area (Å²) in [5.41, 5.74) is 16.1. The molecule has 4 aromatic carbocycles. The number of nitrogen functional groups attached to an aromatic ring is 2. The Balaban J connectivity index is 1.41. The lowest BCUT2D eigenvalue weighted by Crippen LogP contribution is -2.08. The average molecular weight is 481 g/mol. The van der Waals surface area contributed by atoms with E-state index in [0.29, 0.717) is 45.4 Å². The van der Waals surface area contributed by atoms with Crippen LogP contribution in [0.5, 0.6) is 11.5 Å². The number of esters is 2. The Labute approximate surface area is 208 Å². The summed E-state index contributed by atoms with van der Waals surface area (Å²) < 4.78 is 10.9. The molecule has 4 aromatic rings. The van der Waals surface area contributed by atoms with E-state index in [0.717, 1.165) is 11.1 Å². The minimum Gasteiger partial charge on any atom is -0.423 e. The summed E-state index contributed by atoms with van der Waals surface area (Å²) in [5.74, 6) is -0.151. The number of rotatable bonds is 6. The number of anilines is 2. The Hall–Kier alpha value is -4.98. The monoisotopic (exact) mass is 480 g/mol. The quantitative estimate of drug-likeness (QED) is 0.144. The molecule has 0 fully saturated rings. The molecular formula is C28H24N4O4. The molecule has 4 rings (SSSR count). The number of nitrogens with two attached hydrogens (primary N) is 2. The number of carbonyl (C=O) groups excluding carboxylic acids is 2. The molecule has 0 saturated carbocycles. The Kier molecular flexibility index (Phi) is 7.06. The summed E-state index contributed by atoms with van der Waals surface area (Å²) in [4.78, 5) is 24.6. The van der Waals surface area contributed by atoms with Crippen LogP contribution in [0.3, 0.4) is 0 Å². The number of hydrogen-bond donors (Lipinski definition) is 2. The maximum absolute atomic E-state index is 12.3. The molecule has 36 heavy (non-hydrogen) atoms. The molecule has 8 nitrogen and oxygen atoms in total. The molecule has 0 spiro atoms. The van der Waals surface area contributed by atoms with Crippen molar-refractivity contribution in [1.29, 1.82) is 0 Å². The van der Waals surface area contributed by atoms with E-state index in [1.807, 2.05) is 13.8 Å². The van der Waals surface area contributed by atoms with Crippen LogP contribution in [0.4, 0.5) is 22.7 Å². The van der Waals surface area contributed by atoms with E-state index in [1.54, 1.807) is 84.9 Å². The summed E-state index contributed by atoms with van der Waals surface area (Å²) in [5, 5.41) is 8.64. The van der Waals surface area contributed by atoms with Crippen molar-refractivity contribution in [3.05, 3.63) is 107 Å². The van der Waals surface area contributed by atoms with E-state index in [9.17, 15) is 9.59 Å². The summed E-state index contributed by atoms with van der Waals surface area (Å²) in [6.45, 7) is 3.70. The Bertz CT molecular complexity index is 1330. The largest absolute Gasteiger partial charge is 0.423 e. The van der Waals surface area contributed by atoms with E-state index < -0.39 is 11.9 Å². The Morgan fingerprint density at radius 2 is 0.944 bits per heavy atom. The second-order valence-corrected chi connectivity index (χ2v) is 8.12. The molecule has 0 amide bonds. The van der Waals surface area contributed by atoms with Gasteiger partial charge in [-0.2, -0.15) is 10.2 Å². The van der Waals surface area contributed by atoms with Crippen LogP contribution < -0.4 is 20.9 Å². The fourth-order valence-electron chi connectivity index (χ4n) is 3.29. The van der Waals surface area contributed by atoms with Crippen molar-refractivity contribution < 1.29 is 19.1 Å². The molecule has 4 N–H and O–H groups in total. The Morgan fingerprint density at radius 1 is 0.583 bits per heavy atom. The first kappa shape index (κ1) is 24.2. The minimum atomic E-state index is -0.475. The van der Waals surface area contributed by atoms with Gasteiger partial charge in [-0.3, -0.25) is 0 Å². The summed E-state index contributed by atoms with van der Waals surface area (Å²) in [6, 6.07) is 23.2. The molecular weight excluding hydrogens is 456 g/mol. The third kappa shape index (κ3) is 5.92. The van der Waals surface area contributed by atoms with Gasteiger partial charge in [0.2, 0.25) is 0 Å². The van der Waals surface area contributed by atoms with Crippen LogP contribution in [0.2, 0.25) is 0 Å². The number of carbonyl (C=O) groups is 2. The van der Waals surface area contributed by atoms with Crippen molar-refractivity contribution >= 4 is 34.7 Å². The van der Waals surface area contributed by atoms with Gasteiger partial charge < -0.3 is 20.9 Å². The number of nitrogens with zero attached hydrogens (tertiary/aromatic N) is 2. The molecule has 180 valence electrons. The molecule has 0 atom stereocenters. The predicted molar refractivity (Wildman–Crippen MR) is 138 cm³/mol. The first-order valence-electron chi connectivity index (χ1n) is 11.1. The van der Waals surface area contributed by atoms with Crippen LogP contribution in [0, 0.1) is 13.8 Å². The van der Waals surface area contributed by atoms with E-state index in [4.69, 9.17) is 20.9 Å². The smallest absolute Gasteiger partial charge is 0.343 e. The third-order valence-electron chi connectivity index (χ3n) is 5.32. The van der Waals surface area contributed by atoms with Crippen molar-refractivity contribution in [3.8, 4) is 11.5 Å². The molecule has 0 aliphatic carbocycles. The first-order valence-corrected chi connectivity index (χ1v) is 11.1. The first-order chi connectivity index (χ1) is 17.3. The Morgan fingerprint density at radius 3 is 1.28 bits per heavy atom. The maximum atomic E-state index is 12.3. The molecule has 0 heterocycles. The molecule has 0 unspecified atom stereocenters. The summed E-state index contributed by atoms with van der Waals surface area (Å²) in [6.07, 6.45) is 0. The molecule has 0 bridgehead atoms. The lowest BCUT2D eigenvalue weighted by atomic mass is 10.2. The van der Waals surface area contributed by atoms with Crippen LogP contribution in [0.25, 0.3) is 0 Å². The number of hydrogen-bond acceptors (Lipinski definition) is 8. The van der Waals surface area contributed by atoms with Crippen molar-refractivity contribution in [2.75, 3.05) is 11.5 Å². The average Bonchev–Trinajstić information content (AvgIpc) is 2.85. The second kappa shape index (κ2) is 10.5. The van der Waals surface area contributed by atoms with E-state index in [1.165, 1.54) is 0 Å². The van der Waals surface area contributed by atoms with Gasteiger partial charge in [-0.05, 0) is 110 Å². The van der Waals surface area contributed by atoms with Crippen LogP contribution >= 0.6 is 0 Å². The number of aryl methyl sites for hydroxylation is 2. The topological polar surface area (TPSA) is 129 Å². The maximum Gasteiger partial charge on any atom is 0.343 e.